The van der Waals surface area contributed by atoms with E-state index in [9.17, 15) is 0 Å². The molecule has 6 nitrogen and oxygen atoms in total. The maximum Gasteiger partial charge on any atom is 0.254 e. The second kappa shape index (κ2) is 13.4. The number of nitrogens with zero attached hydrogens (tertiary/aromatic N) is 1. The molecule has 0 aliphatic rings. The topological polar surface area (TPSA) is 63.0 Å². The first-order valence-electron chi connectivity index (χ1n) is 13.1. The van der Waals surface area contributed by atoms with Crippen molar-refractivity contribution in [1.29, 1.82) is 0 Å². The van der Waals surface area contributed by atoms with Crippen LogP contribution in [0.4, 0.5) is 0 Å². The summed E-state index contributed by atoms with van der Waals surface area (Å²) in [4.78, 5) is 10.8. The third kappa shape index (κ3) is 7.50. The lowest BCUT2D eigenvalue weighted by Gasteiger charge is -2.09. The van der Waals surface area contributed by atoms with Crippen LogP contribution in [0, 0.1) is 0 Å². The summed E-state index contributed by atoms with van der Waals surface area (Å²) < 4.78 is 17.2. The molecule has 3 aromatic heterocycles. The van der Waals surface area contributed by atoms with E-state index in [-0.39, 0.29) is 6.61 Å². The summed E-state index contributed by atoms with van der Waals surface area (Å²) in [5, 5.41) is 12.4. The fraction of sp³-hybridized carbons (Fsp3) is 0.121. The van der Waals surface area contributed by atoms with Gasteiger partial charge in [-0.25, -0.2) is 9.78 Å². The van der Waals surface area contributed by atoms with Gasteiger partial charge in [0.2, 0.25) is 0 Å². The minimum Gasteiger partial charge on any atom is -0.489 e. The molecule has 0 saturated heterocycles. The third-order valence-corrected chi connectivity index (χ3v) is 7.67. The predicted molar refractivity (Wildman–Crippen MR) is 161 cm³/mol. The lowest BCUT2D eigenvalue weighted by molar-refractivity contribution is -0.315. The molecule has 6 rings (SSSR count). The summed E-state index contributed by atoms with van der Waals surface area (Å²) in [6, 6.07) is 30.4. The standard InChI is InChI=1S/C33H27NO5S2/c1-4-24(18-35-31-9-3-8-28(16-31)30-11-13-41-23-30)14-25(5-1)20-37-38-21-32-17-33(34-39-32)36-19-26-6-2-7-27(15-26)29-10-12-40-22-29/h1-17,22-23H,18-21H2. The SMILES string of the molecule is c1cc(COOCc2cc(OCc3cccc(-c4ccsc4)c3)no2)cc(COc2cccc(-c3ccsc3)c2)c1. The number of hydrogen-bond acceptors (Lipinski definition) is 8. The molecule has 0 radical (unpaired) electrons. The highest BCUT2D eigenvalue weighted by atomic mass is 32.1. The summed E-state index contributed by atoms with van der Waals surface area (Å²) in [7, 11) is 0. The average Bonchev–Trinajstić information content (AvgIpc) is 3.82. The largest absolute Gasteiger partial charge is 0.489 e. The van der Waals surface area contributed by atoms with Crippen molar-refractivity contribution in [2.24, 2.45) is 0 Å². The van der Waals surface area contributed by atoms with Crippen LogP contribution in [0.5, 0.6) is 11.6 Å². The third-order valence-electron chi connectivity index (χ3n) is 6.30. The Morgan fingerprint density at radius 1 is 0.561 bits per heavy atom. The first-order valence-corrected chi connectivity index (χ1v) is 14.9. The molecule has 0 aliphatic carbocycles. The second-order valence-corrected chi connectivity index (χ2v) is 10.9. The van der Waals surface area contributed by atoms with Crippen LogP contribution in [-0.4, -0.2) is 5.16 Å². The lowest BCUT2D eigenvalue weighted by Crippen LogP contribution is -1.99. The van der Waals surface area contributed by atoms with Crippen LogP contribution >= 0.6 is 22.7 Å². The number of hydrogen-bond donors (Lipinski definition) is 0. The minimum atomic E-state index is 0.118. The molecular formula is C33H27NO5S2. The molecule has 0 amide bonds. The van der Waals surface area contributed by atoms with Crippen molar-refractivity contribution in [2.75, 3.05) is 0 Å². The quantitative estimate of drug-likeness (QED) is 0.0771. The number of aromatic nitrogens is 1. The van der Waals surface area contributed by atoms with Crippen molar-refractivity contribution < 1.29 is 23.8 Å². The van der Waals surface area contributed by atoms with E-state index in [1.807, 2.05) is 48.5 Å². The molecule has 0 aliphatic heterocycles. The zero-order valence-electron chi connectivity index (χ0n) is 22.1. The van der Waals surface area contributed by atoms with Gasteiger partial charge in [-0.3, -0.25) is 0 Å². The van der Waals surface area contributed by atoms with Gasteiger partial charge >= 0.3 is 0 Å². The number of ether oxygens (including phenoxy) is 2. The van der Waals surface area contributed by atoms with Crippen molar-refractivity contribution in [3.8, 4) is 33.9 Å². The van der Waals surface area contributed by atoms with Gasteiger partial charge in [0, 0.05) is 6.07 Å². The van der Waals surface area contributed by atoms with Crippen LogP contribution in [0.1, 0.15) is 22.5 Å². The molecular weight excluding hydrogens is 554 g/mol. The van der Waals surface area contributed by atoms with Crippen molar-refractivity contribution >= 4 is 22.7 Å². The van der Waals surface area contributed by atoms with Gasteiger partial charge in [0.1, 0.15) is 32.2 Å². The zero-order valence-corrected chi connectivity index (χ0v) is 23.7. The average molecular weight is 582 g/mol. The summed E-state index contributed by atoms with van der Waals surface area (Å²) in [6.45, 7) is 1.26. The molecule has 0 saturated carbocycles. The molecule has 0 unspecified atom stereocenters. The normalized spacial score (nSPS) is 11.0. The summed E-state index contributed by atoms with van der Waals surface area (Å²) in [5.41, 5.74) is 7.79. The van der Waals surface area contributed by atoms with Crippen LogP contribution < -0.4 is 9.47 Å². The number of thiophene rings is 2. The molecule has 3 aromatic carbocycles. The van der Waals surface area contributed by atoms with Crippen molar-refractivity contribution in [3.63, 3.8) is 0 Å². The molecule has 206 valence electrons. The maximum atomic E-state index is 6.04. The molecule has 3 heterocycles. The molecule has 0 fully saturated rings. The van der Waals surface area contributed by atoms with Crippen LogP contribution in [0.25, 0.3) is 22.3 Å². The highest BCUT2D eigenvalue weighted by Gasteiger charge is 2.08. The van der Waals surface area contributed by atoms with Gasteiger partial charge in [-0.2, -0.15) is 22.7 Å². The minimum absolute atomic E-state index is 0.118. The van der Waals surface area contributed by atoms with Crippen LogP contribution in [0.2, 0.25) is 0 Å². The van der Waals surface area contributed by atoms with Crippen molar-refractivity contribution in [1.82, 2.24) is 5.16 Å². The van der Waals surface area contributed by atoms with Gasteiger partial charge < -0.3 is 14.0 Å². The van der Waals surface area contributed by atoms with Gasteiger partial charge in [0.25, 0.3) is 5.88 Å². The van der Waals surface area contributed by atoms with E-state index in [0.29, 0.717) is 31.5 Å². The van der Waals surface area contributed by atoms with Crippen LogP contribution in [-0.2, 0) is 36.2 Å². The Morgan fingerprint density at radius 2 is 1.20 bits per heavy atom. The smallest absolute Gasteiger partial charge is 0.254 e. The van der Waals surface area contributed by atoms with Crippen molar-refractivity contribution in [2.45, 2.75) is 26.4 Å². The predicted octanol–water partition coefficient (Wildman–Crippen LogP) is 8.94. The first kappa shape index (κ1) is 27.0. The Morgan fingerprint density at radius 3 is 1.95 bits per heavy atom. The fourth-order valence-corrected chi connectivity index (χ4v) is 5.57. The maximum absolute atomic E-state index is 6.04. The number of rotatable bonds is 13. The Balaban J connectivity index is 0.935. The Hall–Kier alpha value is -4.21. The van der Waals surface area contributed by atoms with E-state index >= 15 is 0 Å². The lowest BCUT2D eigenvalue weighted by atomic mass is 10.1. The number of benzene rings is 3. The van der Waals surface area contributed by atoms with Gasteiger partial charge in [0.05, 0.1) is 0 Å². The fourth-order valence-electron chi connectivity index (χ4n) is 4.24. The van der Waals surface area contributed by atoms with E-state index in [4.69, 9.17) is 23.8 Å². The molecule has 0 atom stereocenters. The Labute approximate surface area is 246 Å². The molecule has 8 heteroatoms. The van der Waals surface area contributed by atoms with E-state index in [0.717, 1.165) is 33.6 Å². The van der Waals surface area contributed by atoms with Gasteiger partial charge in [0.15, 0.2) is 5.76 Å². The highest BCUT2D eigenvalue weighted by Crippen LogP contribution is 2.27. The molecule has 0 N–H and O–H groups in total. The molecule has 0 bridgehead atoms. The van der Waals surface area contributed by atoms with Crippen LogP contribution in [0.15, 0.2) is 117 Å². The summed E-state index contributed by atoms with van der Waals surface area (Å²) >= 11 is 3.37. The van der Waals surface area contributed by atoms with E-state index in [2.05, 4.69) is 63.1 Å². The molecule has 41 heavy (non-hydrogen) atoms. The van der Waals surface area contributed by atoms with Gasteiger partial charge in [-0.1, -0.05) is 48.5 Å². The summed E-state index contributed by atoms with van der Waals surface area (Å²) in [6.07, 6.45) is 0. The second-order valence-electron chi connectivity index (χ2n) is 9.31. The Bertz CT molecular complexity index is 1660. The zero-order chi connectivity index (χ0) is 27.7. The monoisotopic (exact) mass is 581 g/mol. The highest BCUT2D eigenvalue weighted by molar-refractivity contribution is 7.08. The van der Waals surface area contributed by atoms with E-state index in [1.54, 1.807) is 28.7 Å². The van der Waals surface area contributed by atoms with Gasteiger partial charge in [-0.05, 0) is 102 Å². The van der Waals surface area contributed by atoms with E-state index < -0.39 is 0 Å². The van der Waals surface area contributed by atoms with Crippen molar-refractivity contribution in [3.05, 3.63) is 135 Å². The van der Waals surface area contributed by atoms with Gasteiger partial charge in [-0.15, -0.1) is 0 Å². The first-order chi connectivity index (χ1) is 20.3. The molecule has 0 spiro atoms. The van der Waals surface area contributed by atoms with E-state index in [1.165, 1.54) is 11.1 Å². The van der Waals surface area contributed by atoms with Crippen LogP contribution in [0.3, 0.4) is 0 Å². The summed E-state index contributed by atoms with van der Waals surface area (Å²) in [5.74, 6) is 1.75. The molecule has 6 aromatic rings. The Kier molecular flexibility index (Phi) is 8.84.